The minimum absolute atomic E-state index is 0.135. The Morgan fingerprint density at radius 3 is 2.62 bits per heavy atom. The summed E-state index contributed by atoms with van der Waals surface area (Å²) in [5.74, 6) is 0.747. The lowest BCUT2D eigenvalue weighted by Gasteiger charge is -2.37. The van der Waals surface area contributed by atoms with E-state index >= 15 is 0 Å². The van der Waals surface area contributed by atoms with Crippen molar-refractivity contribution in [1.29, 1.82) is 0 Å². The molecule has 0 N–H and O–H groups in total. The van der Waals surface area contributed by atoms with E-state index < -0.39 is 6.10 Å². The van der Waals surface area contributed by atoms with Gasteiger partial charge >= 0.3 is 0 Å². The summed E-state index contributed by atoms with van der Waals surface area (Å²) in [6.07, 6.45) is -0.331. The molecular formula is C25H26N4O5. The van der Waals surface area contributed by atoms with Crippen molar-refractivity contribution in [2.45, 2.75) is 18.9 Å². The van der Waals surface area contributed by atoms with E-state index in [9.17, 15) is 14.4 Å². The average molecular weight is 463 g/mol. The maximum Gasteiger partial charge on any atom is 0.265 e. The smallest absolute Gasteiger partial charge is 0.265 e. The number of fused-ring (bicyclic) bond motifs is 2. The van der Waals surface area contributed by atoms with Crippen molar-refractivity contribution in [3.63, 3.8) is 0 Å². The van der Waals surface area contributed by atoms with Crippen LogP contribution in [0.25, 0.3) is 10.9 Å². The highest BCUT2D eigenvalue weighted by Crippen LogP contribution is 2.34. The fraction of sp³-hybridized carbons (Fsp3) is 0.360. The highest BCUT2D eigenvalue weighted by atomic mass is 16.5. The monoisotopic (exact) mass is 462 g/mol. The van der Waals surface area contributed by atoms with Gasteiger partial charge < -0.3 is 19.3 Å². The first-order chi connectivity index (χ1) is 16.5. The number of morpholine rings is 1. The van der Waals surface area contributed by atoms with Gasteiger partial charge in [-0.2, -0.15) is 0 Å². The Labute approximate surface area is 196 Å². The summed E-state index contributed by atoms with van der Waals surface area (Å²) in [7, 11) is 1.67. The maximum atomic E-state index is 13.3. The van der Waals surface area contributed by atoms with E-state index in [1.165, 1.54) is 4.57 Å². The summed E-state index contributed by atoms with van der Waals surface area (Å²) in [4.78, 5) is 47.0. The van der Waals surface area contributed by atoms with Crippen molar-refractivity contribution in [2.75, 3.05) is 37.7 Å². The molecule has 1 fully saturated rings. The first-order valence-electron chi connectivity index (χ1n) is 11.4. The summed E-state index contributed by atoms with van der Waals surface area (Å²) in [6.45, 7) is 2.15. The van der Waals surface area contributed by atoms with Gasteiger partial charge in [-0.05, 0) is 24.3 Å². The molecule has 0 aliphatic carbocycles. The van der Waals surface area contributed by atoms with Crippen LogP contribution in [0.4, 0.5) is 5.69 Å². The summed E-state index contributed by atoms with van der Waals surface area (Å²) in [6, 6.07) is 14.4. The zero-order chi connectivity index (χ0) is 23.7. The molecule has 1 atom stereocenters. The SMILES string of the molecule is Cn1c(CCC(=O)N2C[C@H](C(=O)N3CCOCC3)Oc3ccccc32)nc2ccccc2c1=O. The van der Waals surface area contributed by atoms with Crippen LogP contribution in [0.2, 0.25) is 0 Å². The third-order valence-electron chi connectivity index (χ3n) is 6.31. The number of anilines is 1. The molecule has 0 unspecified atom stereocenters. The second kappa shape index (κ2) is 9.26. The number of hydrogen-bond donors (Lipinski definition) is 0. The summed E-state index contributed by atoms with van der Waals surface area (Å²) >= 11 is 0. The van der Waals surface area contributed by atoms with Crippen LogP contribution in [0.5, 0.6) is 5.75 Å². The predicted octanol–water partition coefficient (Wildman–Crippen LogP) is 1.52. The molecule has 0 bridgehead atoms. The lowest BCUT2D eigenvalue weighted by Crippen LogP contribution is -2.54. The van der Waals surface area contributed by atoms with Crippen LogP contribution in [0, 0.1) is 0 Å². The number of carbonyl (C=O) groups excluding carboxylic acids is 2. The van der Waals surface area contributed by atoms with Crippen LogP contribution in [0.1, 0.15) is 12.2 Å². The average Bonchev–Trinajstić information content (AvgIpc) is 2.89. The van der Waals surface area contributed by atoms with E-state index in [4.69, 9.17) is 9.47 Å². The van der Waals surface area contributed by atoms with Gasteiger partial charge in [0, 0.05) is 33.0 Å². The van der Waals surface area contributed by atoms with Crippen LogP contribution in [-0.2, 0) is 27.8 Å². The molecule has 0 radical (unpaired) electrons. The molecule has 2 aliphatic rings. The van der Waals surface area contributed by atoms with Crippen molar-refractivity contribution in [3.05, 3.63) is 64.7 Å². The Balaban J connectivity index is 1.36. The normalized spacial score (nSPS) is 17.9. The highest BCUT2D eigenvalue weighted by Gasteiger charge is 2.36. The molecule has 9 nitrogen and oxygen atoms in total. The van der Waals surface area contributed by atoms with Crippen molar-refractivity contribution < 1.29 is 19.1 Å². The second-order valence-electron chi connectivity index (χ2n) is 8.43. The van der Waals surface area contributed by atoms with E-state index in [1.807, 2.05) is 24.3 Å². The van der Waals surface area contributed by atoms with Crippen LogP contribution in [0.15, 0.2) is 53.3 Å². The first-order valence-corrected chi connectivity index (χ1v) is 11.4. The molecule has 3 heterocycles. The molecule has 34 heavy (non-hydrogen) atoms. The number of benzene rings is 2. The number of aryl methyl sites for hydroxylation is 1. The van der Waals surface area contributed by atoms with Crippen LogP contribution < -0.4 is 15.2 Å². The Bertz CT molecular complexity index is 1300. The van der Waals surface area contributed by atoms with Gasteiger partial charge in [0.15, 0.2) is 6.10 Å². The van der Waals surface area contributed by atoms with Crippen molar-refractivity contribution in [1.82, 2.24) is 14.5 Å². The molecule has 0 saturated carbocycles. The van der Waals surface area contributed by atoms with Gasteiger partial charge in [0.25, 0.3) is 11.5 Å². The zero-order valence-electron chi connectivity index (χ0n) is 19.0. The van der Waals surface area contributed by atoms with Gasteiger partial charge in [0.2, 0.25) is 5.91 Å². The van der Waals surface area contributed by atoms with Crippen LogP contribution in [-0.4, -0.2) is 65.2 Å². The third-order valence-corrected chi connectivity index (χ3v) is 6.31. The number of carbonyl (C=O) groups is 2. The number of amides is 2. The molecular weight excluding hydrogens is 436 g/mol. The molecule has 9 heteroatoms. The molecule has 176 valence electrons. The highest BCUT2D eigenvalue weighted by molar-refractivity contribution is 5.97. The van der Waals surface area contributed by atoms with Crippen LogP contribution >= 0.6 is 0 Å². The zero-order valence-corrected chi connectivity index (χ0v) is 19.0. The minimum atomic E-state index is -0.778. The summed E-state index contributed by atoms with van der Waals surface area (Å²) in [5.41, 5.74) is 1.11. The molecule has 2 aliphatic heterocycles. The quantitative estimate of drug-likeness (QED) is 0.584. The van der Waals surface area contributed by atoms with Gasteiger partial charge in [-0.1, -0.05) is 24.3 Å². The molecule has 0 spiro atoms. The minimum Gasteiger partial charge on any atom is -0.476 e. The number of rotatable bonds is 4. The lowest BCUT2D eigenvalue weighted by atomic mass is 10.1. The first kappa shape index (κ1) is 22.1. The van der Waals surface area contributed by atoms with Gasteiger partial charge in [-0.15, -0.1) is 0 Å². The van der Waals surface area contributed by atoms with Gasteiger partial charge in [0.1, 0.15) is 11.6 Å². The van der Waals surface area contributed by atoms with Crippen molar-refractivity contribution in [3.8, 4) is 5.75 Å². The predicted molar refractivity (Wildman–Crippen MR) is 126 cm³/mol. The number of aromatic nitrogens is 2. The van der Waals surface area contributed by atoms with Crippen molar-refractivity contribution >= 4 is 28.4 Å². The summed E-state index contributed by atoms with van der Waals surface area (Å²) < 4.78 is 12.8. The fourth-order valence-corrected chi connectivity index (χ4v) is 4.43. The Morgan fingerprint density at radius 1 is 1.06 bits per heavy atom. The summed E-state index contributed by atoms with van der Waals surface area (Å²) in [5, 5.41) is 0.548. The molecule has 2 amide bonds. The number of para-hydroxylation sites is 3. The fourth-order valence-electron chi connectivity index (χ4n) is 4.43. The Morgan fingerprint density at radius 2 is 1.79 bits per heavy atom. The number of ether oxygens (including phenoxy) is 2. The number of nitrogens with zero attached hydrogens (tertiary/aromatic N) is 4. The lowest BCUT2D eigenvalue weighted by molar-refractivity contribution is -0.142. The number of hydrogen-bond acceptors (Lipinski definition) is 6. The Kier molecular flexibility index (Phi) is 6.02. The topological polar surface area (TPSA) is 94.0 Å². The molecule has 2 aromatic carbocycles. The Hall–Kier alpha value is -3.72. The van der Waals surface area contributed by atoms with Gasteiger partial charge in [-0.25, -0.2) is 4.98 Å². The van der Waals surface area contributed by atoms with E-state index in [0.717, 1.165) is 0 Å². The molecule has 1 saturated heterocycles. The van der Waals surface area contributed by atoms with Crippen molar-refractivity contribution in [2.24, 2.45) is 7.05 Å². The van der Waals surface area contributed by atoms with E-state index in [0.29, 0.717) is 60.9 Å². The third kappa shape index (κ3) is 4.14. The van der Waals surface area contributed by atoms with Crippen LogP contribution in [0.3, 0.4) is 0 Å². The van der Waals surface area contributed by atoms with E-state index in [1.54, 1.807) is 41.1 Å². The van der Waals surface area contributed by atoms with E-state index in [2.05, 4.69) is 4.98 Å². The van der Waals surface area contributed by atoms with Gasteiger partial charge in [0.05, 0.1) is 36.3 Å². The second-order valence-corrected chi connectivity index (χ2v) is 8.43. The maximum absolute atomic E-state index is 13.3. The molecule has 1 aromatic heterocycles. The largest absolute Gasteiger partial charge is 0.476 e. The molecule has 3 aromatic rings. The van der Waals surface area contributed by atoms with E-state index in [-0.39, 0.29) is 30.3 Å². The standard InChI is InChI=1S/C25H26N4O5/c1-27-22(26-18-7-3-2-6-17(18)24(27)31)10-11-23(30)29-16-21(25(32)28-12-14-33-15-13-28)34-20-9-5-4-8-19(20)29/h2-9,21H,10-16H2,1H3/t21-/m1/s1. The molecule has 5 rings (SSSR count). The van der Waals surface area contributed by atoms with Gasteiger partial charge in [-0.3, -0.25) is 19.0 Å².